The van der Waals surface area contributed by atoms with Gasteiger partial charge in [0.15, 0.2) is 140 Å². The average Bonchev–Trinajstić information content (AvgIpc) is 0.740. The number of nitriles is 1. The Balaban J connectivity index is 0.985. The van der Waals surface area contributed by atoms with Gasteiger partial charge < -0.3 is 30.2 Å². The van der Waals surface area contributed by atoms with Crippen LogP contribution in [0.2, 0.25) is 0 Å². The molecule has 0 aromatic heterocycles. The molecule has 9 rings (SSSR count). The molecule has 0 aliphatic heterocycles. The monoisotopic (exact) mass is 1710 g/mol. The van der Waals surface area contributed by atoms with Gasteiger partial charge in [0.1, 0.15) is 6.07 Å². The number of halogens is 29. The number of rotatable bonds is 27. The molecule has 0 unspecified atom stereocenters. The van der Waals surface area contributed by atoms with Crippen molar-refractivity contribution in [2.75, 3.05) is 78.9 Å². The van der Waals surface area contributed by atoms with Gasteiger partial charge in [0.2, 0.25) is 40.5 Å². The minimum atomic E-state index is -2.79. The summed E-state index contributed by atoms with van der Waals surface area (Å²) in [6.45, 7) is 21.9. The summed E-state index contributed by atoms with van der Waals surface area (Å²) in [5.74, 6) is -77.7. The SMILES string of the molecule is [C-]#[N+]C1=C(NCCOCCN(CCOCCNC2=C([N+]#[C-])C(=C(c3c(F)c(F)c(F)c(F)c3F)c3c(F)c(F)c(F)c(F)c3F)CC(C)(C)C2)CCOCCNC2=C(C#N)/C(=C(\c3c(C)c(F)c(F)c(F)c3F)c3c(F)c(F)c(F)c(F)c3F)CC(C)(C)C2)CC(C)(C)CC1=C(c1c(F)c(F)c(F)c(F)c1F)c1c(F)c(F)c(F)c(F)c1F. The third-order valence-corrected chi connectivity index (χ3v) is 19.4. The molecule has 6 aromatic rings. The first kappa shape index (κ1) is 91.3. The number of hydrogen-bond donors (Lipinski definition) is 3. The maximum absolute atomic E-state index is 16.0. The number of ether oxygens (including phenoxy) is 3. The molecular formula is C79H60F29N7O3. The molecule has 0 radical (unpaired) electrons. The Morgan fingerprint density at radius 3 is 0.780 bits per heavy atom. The number of benzene rings is 6. The van der Waals surface area contributed by atoms with Crippen molar-refractivity contribution in [1.29, 1.82) is 5.26 Å². The zero-order valence-corrected chi connectivity index (χ0v) is 62.2. The Morgan fingerprint density at radius 1 is 0.314 bits per heavy atom. The van der Waals surface area contributed by atoms with Gasteiger partial charge in [0.25, 0.3) is 0 Å². The van der Waals surface area contributed by atoms with E-state index in [4.69, 9.17) is 27.4 Å². The molecule has 0 amide bonds. The quantitative estimate of drug-likeness (QED) is 0.0154. The van der Waals surface area contributed by atoms with Gasteiger partial charge in [-0.05, 0) is 95.1 Å². The number of hydrogen-bond acceptors (Lipinski definition) is 8. The zero-order chi connectivity index (χ0) is 87.9. The molecule has 0 fully saturated rings. The van der Waals surface area contributed by atoms with Crippen molar-refractivity contribution in [3.05, 3.63) is 281 Å². The van der Waals surface area contributed by atoms with Crippen molar-refractivity contribution in [3.8, 4) is 6.07 Å². The number of nitrogens with zero attached hydrogens (tertiary/aromatic N) is 4. The van der Waals surface area contributed by atoms with Gasteiger partial charge in [0, 0.05) is 67.5 Å². The van der Waals surface area contributed by atoms with E-state index >= 15 is 65.9 Å². The van der Waals surface area contributed by atoms with Crippen molar-refractivity contribution < 1.29 is 142 Å². The first-order valence-corrected chi connectivity index (χ1v) is 34.8. The molecule has 39 heteroatoms. The van der Waals surface area contributed by atoms with Crippen LogP contribution in [0.15, 0.2) is 50.8 Å². The molecule has 3 aliphatic rings. The van der Waals surface area contributed by atoms with E-state index in [1.165, 1.54) is 41.5 Å². The Bertz CT molecular complexity index is 4560. The molecule has 118 heavy (non-hydrogen) atoms. The third kappa shape index (κ3) is 17.5. The molecular weight excluding hydrogens is 1650 g/mol. The molecule has 0 atom stereocenters. The fraction of sp³-hybridized carbons (Fsp3) is 0.354. The summed E-state index contributed by atoms with van der Waals surface area (Å²) in [5, 5.41) is 19.1. The minimum absolute atomic E-state index is 0.101. The zero-order valence-electron chi connectivity index (χ0n) is 62.2. The number of allylic oxidation sites excluding steroid dienone is 7. The lowest BCUT2D eigenvalue weighted by Gasteiger charge is -2.35. The molecule has 0 saturated carbocycles. The maximum atomic E-state index is 16.0. The normalized spacial score (nSPS) is 15.8. The largest absolute Gasteiger partial charge is 0.395 e. The molecule has 3 aliphatic carbocycles. The van der Waals surface area contributed by atoms with E-state index in [2.05, 4.69) is 25.6 Å². The maximum Gasteiger partial charge on any atom is 0.209 e. The molecule has 3 N–H and O–H groups in total. The Morgan fingerprint density at radius 2 is 0.525 bits per heavy atom. The molecule has 0 bridgehead atoms. The predicted molar refractivity (Wildman–Crippen MR) is 362 cm³/mol. The lowest BCUT2D eigenvalue weighted by molar-refractivity contribution is 0.0548. The molecule has 6 aromatic carbocycles. The van der Waals surface area contributed by atoms with E-state index in [-0.39, 0.29) is 115 Å². The Hall–Kier alpha value is -10.6. The summed E-state index contributed by atoms with van der Waals surface area (Å²) in [6.07, 6.45) is -2.75. The van der Waals surface area contributed by atoms with Crippen LogP contribution in [-0.4, -0.2) is 83.8 Å². The molecule has 10 nitrogen and oxygen atoms in total. The fourth-order valence-corrected chi connectivity index (χ4v) is 14.1. The van der Waals surface area contributed by atoms with Crippen LogP contribution in [-0.2, 0) is 14.2 Å². The van der Waals surface area contributed by atoms with E-state index < -0.39 is 294 Å². The van der Waals surface area contributed by atoms with Crippen LogP contribution in [0.25, 0.3) is 26.4 Å². The second kappa shape index (κ2) is 35.9. The van der Waals surface area contributed by atoms with Crippen LogP contribution in [0.1, 0.15) is 119 Å². The van der Waals surface area contributed by atoms with Crippen LogP contribution in [0.5, 0.6) is 0 Å². The topological polar surface area (TPSA) is 99.5 Å². The lowest BCUT2D eigenvalue weighted by Crippen LogP contribution is -2.36. The van der Waals surface area contributed by atoms with Gasteiger partial charge in [0.05, 0.1) is 86.2 Å². The van der Waals surface area contributed by atoms with Gasteiger partial charge in [-0.25, -0.2) is 137 Å². The standard InChI is InChI=1S/C79H60F29N7O3/c1-29-37(47(81)59(93)58(92)46(29)80)38(41-48(82)60(94)70(104)61(95)49(41)83)30-22-77(2,3)25-34(33(30)28-109)112-10-16-116-19-13-115(14-20-117-17-11-113-35-26-78(4,5)23-31(75(35)110-8)39(42-50(84)62(96)71(105)63(97)51(42)85)43-52(86)64(98)72(106)65(99)53(43)87)15-21-118-18-12-114-36-27-79(6,7)24-32(76(36)111-9)40(44-54(88)66(100)73(107)67(101)55(44)89)45-56(90)68(102)74(108)69(103)57(45)91/h112-114H,10-27H2,1-7H3/b38-30+. The van der Waals surface area contributed by atoms with E-state index in [9.17, 15) is 66.7 Å². The highest BCUT2D eigenvalue weighted by Crippen LogP contribution is 2.53. The highest BCUT2D eigenvalue weighted by atomic mass is 19.2. The summed E-state index contributed by atoms with van der Waals surface area (Å²) >= 11 is 0. The Labute approximate surface area is 651 Å². The Kier molecular flexibility index (Phi) is 27.8. The van der Waals surface area contributed by atoms with Crippen molar-refractivity contribution in [3.63, 3.8) is 0 Å². The van der Waals surface area contributed by atoms with Gasteiger partial charge in [-0.3, -0.25) is 4.90 Å². The van der Waals surface area contributed by atoms with E-state index in [1.54, 1.807) is 11.0 Å². The van der Waals surface area contributed by atoms with Crippen LogP contribution in [0.3, 0.4) is 0 Å². The molecule has 0 saturated heterocycles. The van der Waals surface area contributed by atoms with Crippen molar-refractivity contribution >= 4 is 16.7 Å². The molecule has 0 heterocycles. The van der Waals surface area contributed by atoms with Crippen LogP contribution < -0.4 is 16.0 Å². The van der Waals surface area contributed by atoms with Gasteiger partial charge in [-0.1, -0.05) is 41.5 Å². The van der Waals surface area contributed by atoms with Gasteiger partial charge in [-0.15, -0.1) is 0 Å². The third-order valence-electron chi connectivity index (χ3n) is 19.4. The van der Waals surface area contributed by atoms with Gasteiger partial charge in [-0.2, -0.15) is 5.26 Å². The van der Waals surface area contributed by atoms with Crippen molar-refractivity contribution in [2.45, 2.75) is 87.0 Å². The first-order valence-electron chi connectivity index (χ1n) is 34.8. The summed E-state index contributed by atoms with van der Waals surface area (Å²) < 4.78 is 459. The first-order chi connectivity index (χ1) is 55.2. The second-order valence-corrected chi connectivity index (χ2v) is 29.4. The smallest absolute Gasteiger partial charge is 0.209 e. The van der Waals surface area contributed by atoms with E-state index in [0.29, 0.717) is 6.92 Å². The lowest BCUT2D eigenvalue weighted by atomic mass is 9.71. The van der Waals surface area contributed by atoms with E-state index in [1.807, 2.05) is 0 Å². The highest BCUT2D eigenvalue weighted by molar-refractivity contribution is 5.90. The second-order valence-electron chi connectivity index (χ2n) is 29.4. The molecule has 632 valence electrons. The number of nitrogens with one attached hydrogen (secondary N) is 3. The van der Waals surface area contributed by atoms with E-state index in [0.717, 1.165) is 0 Å². The molecule has 0 spiro atoms. The highest BCUT2D eigenvalue weighted by Gasteiger charge is 2.45. The minimum Gasteiger partial charge on any atom is -0.395 e. The summed E-state index contributed by atoms with van der Waals surface area (Å²) in [7, 11) is 0. The van der Waals surface area contributed by atoms with Crippen molar-refractivity contribution in [2.24, 2.45) is 16.2 Å². The summed E-state index contributed by atoms with van der Waals surface area (Å²) in [4.78, 5) is 8.17. The predicted octanol–water partition coefficient (Wildman–Crippen LogP) is 20.5. The summed E-state index contributed by atoms with van der Waals surface area (Å²) in [5.41, 5.74) is -27.7. The van der Waals surface area contributed by atoms with Crippen LogP contribution in [0, 0.1) is 216 Å². The summed E-state index contributed by atoms with van der Waals surface area (Å²) in [6, 6.07) is 1.71. The van der Waals surface area contributed by atoms with Crippen LogP contribution >= 0.6 is 0 Å². The van der Waals surface area contributed by atoms with Crippen molar-refractivity contribution in [1.82, 2.24) is 20.9 Å². The van der Waals surface area contributed by atoms with Crippen LogP contribution in [0.4, 0.5) is 127 Å². The van der Waals surface area contributed by atoms with Gasteiger partial charge >= 0.3 is 0 Å². The average molecular weight is 1710 g/mol. The fourth-order valence-electron chi connectivity index (χ4n) is 14.1.